The summed E-state index contributed by atoms with van der Waals surface area (Å²) >= 11 is 1.67. The molecular weight excluding hydrogens is 408 g/mol. The normalized spacial score (nSPS) is 11.2. The number of benzene rings is 3. The van der Waals surface area contributed by atoms with E-state index in [1.54, 1.807) is 17.8 Å². The standard InChI is InChI=1S/C24H18N4O2S/c1-15-7-11-17(12-8-15)28-24(29)20-6-4-3-5-19(20)21(26-28)23-25-22(27-30-23)16-9-13-18(31-2)14-10-16/h3-14H,1-2H3. The highest BCUT2D eigenvalue weighted by atomic mass is 32.2. The smallest absolute Gasteiger partial charge is 0.279 e. The number of rotatable bonds is 4. The van der Waals surface area contributed by atoms with Crippen molar-refractivity contribution in [3.05, 3.63) is 88.7 Å². The zero-order valence-corrected chi connectivity index (χ0v) is 17.8. The van der Waals surface area contributed by atoms with Gasteiger partial charge in [0.2, 0.25) is 5.82 Å². The van der Waals surface area contributed by atoms with E-state index in [2.05, 4.69) is 15.2 Å². The number of fused-ring (bicyclic) bond motifs is 1. The first-order valence-corrected chi connectivity index (χ1v) is 10.9. The van der Waals surface area contributed by atoms with E-state index in [-0.39, 0.29) is 11.4 Å². The van der Waals surface area contributed by atoms with Gasteiger partial charge >= 0.3 is 0 Å². The molecule has 7 heteroatoms. The molecule has 0 saturated carbocycles. The van der Waals surface area contributed by atoms with Gasteiger partial charge in [-0.2, -0.15) is 14.8 Å². The maximum absolute atomic E-state index is 13.1. The lowest BCUT2D eigenvalue weighted by Crippen LogP contribution is -2.22. The highest BCUT2D eigenvalue weighted by Crippen LogP contribution is 2.27. The Kier molecular flexibility index (Phi) is 4.88. The molecule has 31 heavy (non-hydrogen) atoms. The minimum Gasteiger partial charge on any atom is -0.332 e. The van der Waals surface area contributed by atoms with Crippen LogP contribution in [0.25, 0.3) is 39.4 Å². The third-order valence-corrected chi connectivity index (χ3v) is 5.80. The number of hydrogen-bond donors (Lipinski definition) is 0. The SMILES string of the molecule is CSc1ccc(-c2noc(-c3nn(-c4ccc(C)cc4)c(=O)c4ccccc34)n2)cc1. The fourth-order valence-corrected chi connectivity index (χ4v) is 3.79. The van der Waals surface area contributed by atoms with E-state index >= 15 is 0 Å². The van der Waals surface area contributed by atoms with Crippen LogP contribution in [0.5, 0.6) is 0 Å². The van der Waals surface area contributed by atoms with Gasteiger partial charge in [0.1, 0.15) is 0 Å². The third-order valence-electron chi connectivity index (χ3n) is 5.06. The number of nitrogens with zero attached hydrogens (tertiary/aromatic N) is 4. The monoisotopic (exact) mass is 426 g/mol. The molecule has 0 aliphatic carbocycles. The fraction of sp³-hybridized carbons (Fsp3) is 0.0833. The molecule has 0 fully saturated rings. The second-order valence-electron chi connectivity index (χ2n) is 7.10. The zero-order valence-electron chi connectivity index (χ0n) is 16.9. The lowest BCUT2D eigenvalue weighted by molar-refractivity contribution is 0.430. The van der Waals surface area contributed by atoms with Crippen LogP contribution in [0, 0.1) is 6.92 Å². The number of aromatic nitrogens is 4. The van der Waals surface area contributed by atoms with Gasteiger partial charge in [-0.05, 0) is 55.6 Å². The first-order chi connectivity index (χ1) is 15.1. The molecule has 0 spiro atoms. The Morgan fingerprint density at radius 2 is 1.61 bits per heavy atom. The van der Waals surface area contributed by atoms with E-state index in [1.165, 1.54) is 4.68 Å². The molecule has 0 radical (unpaired) electrons. The summed E-state index contributed by atoms with van der Waals surface area (Å²) in [5.41, 5.74) is 2.90. The van der Waals surface area contributed by atoms with Crippen molar-refractivity contribution in [3.8, 4) is 28.7 Å². The first kappa shape index (κ1) is 19.3. The van der Waals surface area contributed by atoms with Gasteiger partial charge < -0.3 is 4.52 Å². The highest BCUT2D eigenvalue weighted by molar-refractivity contribution is 7.98. The van der Waals surface area contributed by atoms with Crippen LogP contribution >= 0.6 is 11.8 Å². The second-order valence-corrected chi connectivity index (χ2v) is 7.98. The molecule has 152 valence electrons. The average molecular weight is 427 g/mol. The summed E-state index contributed by atoms with van der Waals surface area (Å²) in [4.78, 5) is 18.8. The van der Waals surface area contributed by atoms with Crippen LogP contribution in [0.4, 0.5) is 0 Å². The molecule has 0 N–H and O–H groups in total. The molecule has 0 amide bonds. The van der Waals surface area contributed by atoms with Gasteiger partial charge in [-0.3, -0.25) is 4.79 Å². The molecule has 0 saturated heterocycles. The first-order valence-electron chi connectivity index (χ1n) is 9.71. The predicted octanol–water partition coefficient (Wildman–Crippen LogP) is 5.13. The summed E-state index contributed by atoms with van der Waals surface area (Å²) < 4.78 is 6.96. The number of aryl methyl sites for hydroxylation is 1. The summed E-state index contributed by atoms with van der Waals surface area (Å²) in [5, 5.41) is 9.96. The van der Waals surface area contributed by atoms with Crippen molar-refractivity contribution >= 4 is 22.5 Å². The maximum Gasteiger partial charge on any atom is 0.279 e. The zero-order chi connectivity index (χ0) is 21.4. The lowest BCUT2D eigenvalue weighted by Gasteiger charge is -2.09. The second kappa shape index (κ2) is 7.85. The van der Waals surface area contributed by atoms with Crippen molar-refractivity contribution in [2.75, 3.05) is 6.26 Å². The van der Waals surface area contributed by atoms with Crippen LogP contribution in [0.15, 0.2) is 87.0 Å². The van der Waals surface area contributed by atoms with E-state index < -0.39 is 0 Å². The maximum atomic E-state index is 13.1. The van der Waals surface area contributed by atoms with Crippen LogP contribution in [-0.4, -0.2) is 26.2 Å². The van der Waals surface area contributed by atoms with Gasteiger partial charge in [-0.1, -0.05) is 41.1 Å². The largest absolute Gasteiger partial charge is 0.332 e. The average Bonchev–Trinajstić information content (AvgIpc) is 3.30. The van der Waals surface area contributed by atoms with Crippen molar-refractivity contribution in [1.29, 1.82) is 0 Å². The quantitative estimate of drug-likeness (QED) is 0.371. The lowest BCUT2D eigenvalue weighted by atomic mass is 10.1. The van der Waals surface area contributed by atoms with Crippen LogP contribution in [0.1, 0.15) is 5.56 Å². The molecule has 2 heterocycles. The minimum atomic E-state index is -0.199. The minimum absolute atomic E-state index is 0.199. The summed E-state index contributed by atoms with van der Waals surface area (Å²) in [6, 6.07) is 22.9. The Hall–Kier alpha value is -3.71. The Balaban J connectivity index is 1.68. The molecule has 3 aromatic carbocycles. The highest BCUT2D eigenvalue weighted by Gasteiger charge is 2.19. The fourth-order valence-electron chi connectivity index (χ4n) is 3.39. The number of thioether (sulfide) groups is 1. The number of hydrogen-bond acceptors (Lipinski definition) is 6. The van der Waals surface area contributed by atoms with Gasteiger partial charge in [0, 0.05) is 15.8 Å². The topological polar surface area (TPSA) is 73.8 Å². The van der Waals surface area contributed by atoms with E-state index in [4.69, 9.17) is 4.52 Å². The van der Waals surface area contributed by atoms with Gasteiger partial charge in [0.15, 0.2) is 5.69 Å². The molecule has 0 unspecified atom stereocenters. The Morgan fingerprint density at radius 1 is 0.903 bits per heavy atom. The van der Waals surface area contributed by atoms with Crippen molar-refractivity contribution in [3.63, 3.8) is 0 Å². The Morgan fingerprint density at radius 3 is 2.32 bits per heavy atom. The van der Waals surface area contributed by atoms with Crippen LogP contribution in [0.3, 0.4) is 0 Å². The summed E-state index contributed by atoms with van der Waals surface area (Å²) in [7, 11) is 0. The molecule has 6 nitrogen and oxygen atoms in total. The predicted molar refractivity (Wildman–Crippen MR) is 123 cm³/mol. The van der Waals surface area contributed by atoms with Crippen molar-refractivity contribution in [2.45, 2.75) is 11.8 Å². The van der Waals surface area contributed by atoms with Crippen LogP contribution in [-0.2, 0) is 0 Å². The molecule has 0 bridgehead atoms. The van der Waals surface area contributed by atoms with Crippen molar-refractivity contribution in [1.82, 2.24) is 19.9 Å². The van der Waals surface area contributed by atoms with E-state index in [9.17, 15) is 4.79 Å². The molecule has 0 aliphatic rings. The van der Waals surface area contributed by atoms with E-state index in [0.29, 0.717) is 28.0 Å². The van der Waals surface area contributed by atoms with Gasteiger partial charge in [0.25, 0.3) is 11.4 Å². The molecular formula is C24H18N4O2S. The Bertz CT molecular complexity index is 1440. The molecule has 0 atom stereocenters. The van der Waals surface area contributed by atoms with Crippen molar-refractivity contribution in [2.24, 2.45) is 0 Å². The molecule has 0 aliphatic heterocycles. The summed E-state index contributed by atoms with van der Waals surface area (Å²) in [6.45, 7) is 2.00. The van der Waals surface area contributed by atoms with E-state index in [0.717, 1.165) is 16.0 Å². The van der Waals surface area contributed by atoms with Gasteiger partial charge in [-0.15, -0.1) is 11.8 Å². The molecule has 2 aromatic heterocycles. The van der Waals surface area contributed by atoms with Crippen molar-refractivity contribution < 1.29 is 4.52 Å². The van der Waals surface area contributed by atoms with Crippen LogP contribution in [0.2, 0.25) is 0 Å². The molecule has 5 rings (SSSR count). The summed E-state index contributed by atoms with van der Waals surface area (Å²) in [5.74, 6) is 0.739. The van der Waals surface area contributed by atoms with Crippen LogP contribution < -0.4 is 5.56 Å². The third kappa shape index (κ3) is 3.53. The summed E-state index contributed by atoms with van der Waals surface area (Å²) in [6.07, 6.45) is 2.03. The molecule has 5 aromatic rings. The van der Waals surface area contributed by atoms with Gasteiger partial charge in [-0.25, -0.2) is 0 Å². The van der Waals surface area contributed by atoms with Gasteiger partial charge in [0.05, 0.1) is 11.1 Å². The van der Waals surface area contributed by atoms with E-state index in [1.807, 2.05) is 79.9 Å². The Labute approximate surface area is 182 Å².